The summed E-state index contributed by atoms with van der Waals surface area (Å²) in [7, 11) is 1.63. The van der Waals surface area contributed by atoms with Crippen molar-refractivity contribution in [2.24, 2.45) is 0 Å². The third-order valence-corrected chi connectivity index (χ3v) is 3.41. The van der Waals surface area contributed by atoms with Gasteiger partial charge < -0.3 is 15.5 Å². The van der Waals surface area contributed by atoms with Gasteiger partial charge in [0.2, 0.25) is 0 Å². The minimum Gasteiger partial charge on any atom is -0.322 e. The molecule has 0 spiro atoms. The summed E-state index contributed by atoms with van der Waals surface area (Å²) in [4.78, 5) is 34.9. The lowest BCUT2D eigenvalue weighted by molar-refractivity contribution is -0.862. The van der Waals surface area contributed by atoms with Crippen molar-refractivity contribution in [2.75, 3.05) is 30.8 Å². The van der Waals surface area contributed by atoms with Crippen LogP contribution in [0.1, 0.15) is 0 Å². The zero-order chi connectivity index (χ0) is 19.1. The summed E-state index contributed by atoms with van der Waals surface area (Å²) in [6, 6.07) is 11.3. The van der Waals surface area contributed by atoms with Gasteiger partial charge in [0.05, 0.1) is 12.0 Å². The van der Waals surface area contributed by atoms with E-state index in [-0.39, 0.29) is 30.4 Å². The number of anilines is 2. The van der Waals surface area contributed by atoms with Crippen LogP contribution in [-0.2, 0) is 9.59 Å². The molecule has 0 aromatic heterocycles. The fourth-order valence-corrected chi connectivity index (χ4v) is 2.32. The van der Waals surface area contributed by atoms with E-state index in [4.69, 9.17) is 0 Å². The van der Waals surface area contributed by atoms with Crippen LogP contribution in [-0.4, -0.2) is 36.9 Å². The highest BCUT2D eigenvalue weighted by molar-refractivity contribution is 5.94. The first-order valence-corrected chi connectivity index (χ1v) is 7.75. The van der Waals surface area contributed by atoms with E-state index in [9.17, 15) is 24.1 Å². The van der Waals surface area contributed by atoms with Crippen LogP contribution in [0.4, 0.5) is 21.5 Å². The van der Waals surface area contributed by atoms with Crippen molar-refractivity contribution < 1.29 is 23.8 Å². The number of amides is 2. The van der Waals surface area contributed by atoms with Gasteiger partial charge in [0.15, 0.2) is 13.1 Å². The van der Waals surface area contributed by atoms with Crippen LogP contribution in [0.5, 0.6) is 0 Å². The largest absolute Gasteiger partial charge is 0.322 e. The van der Waals surface area contributed by atoms with E-state index in [1.54, 1.807) is 19.2 Å². The molecule has 26 heavy (non-hydrogen) atoms. The zero-order valence-electron chi connectivity index (χ0n) is 14.0. The second kappa shape index (κ2) is 8.67. The Balaban J connectivity index is 1.87. The highest BCUT2D eigenvalue weighted by Gasteiger charge is 2.18. The fourth-order valence-electron chi connectivity index (χ4n) is 2.32. The molecule has 2 aromatic carbocycles. The van der Waals surface area contributed by atoms with Crippen molar-refractivity contribution in [3.05, 3.63) is 64.5 Å². The van der Waals surface area contributed by atoms with Gasteiger partial charge in [-0.05, 0) is 24.3 Å². The molecule has 0 saturated carbocycles. The average Bonchev–Trinajstić information content (AvgIpc) is 2.54. The average molecular weight is 361 g/mol. The van der Waals surface area contributed by atoms with E-state index < -0.39 is 16.6 Å². The minimum absolute atomic E-state index is 0.0270. The molecule has 136 valence electrons. The van der Waals surface area contributed by atoms with Gasteiger partial charge in [-0.25, -0.2) is 4.39 Å². The standard InChI is InChI=1S/C17H17FN4O4/c1-21(10-16(23)19-13-6-4-5-12(18)9-13)11-17(24)20-14-7-2-3-8-15(14)22(25)26/h2-9H,10-11H2,1H3,(H,19,23)(H,20,24)/p+1. The maximum absolute atomic E-state index is 13.1. The van der Waals surface area contributed by atoms with Gasteiger partial charge in [-0.3, -0.25) is 19.7 Å². The Labute approximate surface area is 148 Å². The first kappa shape index (κ1) is 19.0. The first-order chi connectivity index (χ1) is 12.3. The number of carbonyl (C=O) groups is 2. The van der Waals surface area contributed by atoms with Crippen molar-refractivity contribution in [1.29, 1.82) is 0 Å². The molecule has 0 aliphatic carbocycles. The summed E-state index contributed by atoms with van der Waals surface area (Å²) < 4.78 is 13.1. The summed E-state index contributed by atoms with van der Waals surface area (Å²) in [5, 5.41) is 15.9. The van der Waals surface area contributed by atoms with Crippen LogP contribution in [0, 0.1) is 15.9 Å². The molecule has 9 heteroatoms. The van der Waals surface area contributed by atoms with Crippen LogP contribution in [0.15, 0.2) is 48.5 Å². The number of nitro groups is 1. The predicted octanol–water partition coefficient (Wildman–Crippen LogP) is 0.826. The predicted molar refractivity (Wildman–Crippen MR) is 93.4 cm³/mol. The Morgan fingerprint density at radius 3 is 2.38 bits per heavy atom. The number of para-hydroxylation sites is 2. The van der Waals surface area contributed by atoms with Gasteiger partial charge in [-0.1, -0.05) is 18.2 Å². The molecule has 0 aliphatic heterocycles. The molecule has 2 amide bonds. The van der Waals surface area contributed by atoms with Crippen molar-refractivity contribution in [2.45, 2.75) is 0 Å². The molecular formula is C17H18FN4O4+. The van der Waals surface area contributed by atoms with Crippen molar-refractivity contribution in [3.8, 4) is 0 Å². The summed E-state index contributed by atoms with van der Waals surface area (Å²) >= 11 is 0. The van der Waals surface area contributed by atoms with Crippen molar-refractivity contribution in [1.82, 2.24) is 0 Å². The molecule has 1 unspecified atom stereocenters. The third-order valence-electron chi connectivity index (χ3n) is 3.41. The second-order valence-corrected chi connectivity index (χ2v) is 5.69. The van der Waals surface area contributed by atoms with E-state index in [0.717, 1.165) is 0 Å². The Morgan fingerprint density at radius 1 is 1.08 bits per heavy atom. The smallest absolute Gasteiger partial charge is 0.292 e. The van der Waals surface area contributed by atoms with Crippen LogP contribution >= 0.6 is 0 Å². The number of quaternary nitrogens is 1. The molecule has 0 bridgehead atoms. The Hall–Kier alpha value is -3.33. The summed E-state index contributed by atoms with van der Waals surface area (Å²) in [5.74, 6) is -1.31. The van der Waals surface area contributed by atoms with E-state index in [0.29, 0.717) is 10.6 Å². The number of nitro benzene ring substituents is 1. The van der Waals surface area contributed by atoms with Gasteiger partial charge >= 0.3 is 0 Å². The lowest BCUT2D eigenvalue weighted by Crippen LogP contribution is -3.11. The molecule has 0 aliphatic rings. The lowest BCUT2D eigenvalue weighted by atomic mass is 10.2. The summed E-state index contributed by atoms with van der Waals surface area (Å²) in [6.45, 7) is -0.0938. The number of hydrogen-bond acceptors (Lipinski definition) is 4. The van der Waals surface area contributed by atoms with Crippen LogP contribution < -0.4 is 15.5 Å². The van der Waals surface area contributed by atoms with Gasteiger partial charge in [-0.2, -0.15) is 0 Å². The third kappa shape index (κ3) is 5.64. The van der Waals surface area contributed by atoms with Crippen molar-refractivity contribution >= 4 is 28.9 Å². The monoisotopic (exact) mass is 361 g/mol. The van der Waals surface area contributed by atoms with Gasteiger partial charge in [0.1, 0.15) is 11.5 Å². The van der Waals surface area contributed by atoms with Crippen molar-refractivity contribution in [3.63, 3.8) is 0 Å². The molecule has 2 rings (SSSR count). The normalized spacial score (nSPS) is 11.5. The Kier molecular flexibility index (Phi) is 6.34. The Bertz CT molecular complexity index is 828. The molecule has 8 nitrogen and oxygen atoms in total. The maximum Gasteiger partial charge on any atom is 0.292 e. The van der Waals surface area contributed by atoms with Gasteiger partial charge in [-0.15, -0.1) is 0 Å². The highest BCUT2D eigenvalue weighted by atomic mass is 19.1. The maximum atomic E-state index is 13.1. The number of hydrogen-bond donors (Lipinski definition) is 3. The quantitative estimate of drug-likeness (QED) is 0.502. The van der Waals surface area contributed by atoms with E-state index in [1.165, 1.54) is 36.4 Å². The van der Waals surface area contributed by atoms with Gasteiger partial charge in [0, 0.05) is 11.8 Å². The minimum atomic E-state index is -0.585. The molecule has 0 fully saturated rings. The summed E-state index contributed by atoms with van der Waals surface area (Å²) in [5.41, 5.74) is 0.217. The number of benzene rings is 2. The lowest BCUT2D eigenvalue weighted by Gasteiger charge is -2.14. The fraction of sp³-hybridized carbons (Fsp3) is 0.176. The molecule has 0 saturated heterocycles. The number of nitrogens with zero attached hydrogens (tertiary/aromatic N) is 1. The van der Waals surface area contributed by atoms with Crippen LogP contribution in [0.25, 0.3) is 0 Å². The highest BCUT2D eigenvalue weighted by Crippen LogP contribution is 2.22. The van der Waals surface area contributed by atoms with Gasteiger partial charge in [0.25, 0.3) is 17.5 Å². The number of rotatable bonds is 7. The molecule has 1 atom stereocenters. The van der Waals surface area contributed by atoms with E-state index >= 15 is 0 Å². The number of likely N-dealkylation sites (N-methyl/N-ethyl adjacent to an activating group) is 1. The van der Waals surface area contributed by atoms with E-state index in [1.807, 2.05) is 0 Å². The molecule has 2 aromatic rings. The zero-order valence-corrected chi connectivity index (χ0v) is 14.0. The Morgan fingerprint density at radius 2 is 1.73 bits per heavy atom. The number of carbonyl (C=O) groups excluding carboxylic acids is 2. The number of nitrogens with one attached hydrogen (secondary N) is 3. The molecule has 3 N–H and O–H groups in total. The van der Waals surface area contributed by atoms with E-state index in [2.05, 4.69) is 10.6 Å². The second-order valence-electron chi connectivity index (χ2n) is 5.69. The molecule has 0 radical (unpaired) electrons. The van der Waals surface area contributed by atoms with Crippen LogP contribution in [0.3, 0.4) is 0 Å². The SMILES string of the molecule is C[NH+](CC(=O)Nc1cccc(F)c1)CC(=O)Nc1ccccc1[N+](=O)[O-]. The topological polar surface area (TPSA) is 106 Å². The summed E-state index contributed by atoms with van der Waals surface area (Å²) in [6.07, 6.45) is 0. The first-order valence-electron chi connectivity index (χ1n) is 7.75. The molecule has 0 heterocycles. The number of halogens is 1. The molecular weight excluding hydrogens is 343 g/mol. The van der Waals surface area contributed by atoms with Crippen LogP contribution in [0.2, 0.25) is 0 Å².